The minimum Gasteiger partial charge on any atom is -0.382 e. The summed E-state index contributed by atoms with van der Waals surface area (Å²) in [5.41, 5.74) is 1.09. The van der Waals surface area contributed by atoms with Gasteiger partial charge in [-0.15, -0.1) is 0 Å². The second-order valence-corrected chi connectivity index (χ2v) is 4.72. The lowest BCUT2D eigenvalue weighted by Crippen LogP contribution is -2.53. The van der Waals surface area contributed by atoms with Gasteiger partial charge >= 0.3 is 0 Å². The monoisotopic (exact) mass is 278 g/mol. The maximum Gasteiger partial charge on any atom is 0.254 e. The second-order valence-electron chi connectivity index (χ2n) is 4.72. The fourth-order valence-electron chi connectivity index (χ4n) is 2.23. The fraction of sp³-hybridized carbons (Fsp3) is 0.429. The maximum atomic E-state index is 11.9. The molecule has 0 bridgehead atoms. The number of aldehydes is 1. The van der Waals surface area contributed by atoms with E-state index in [0.717, 1.165) is 5.69 Å². The summed E-state index contributed by atoms with van der Waals surface area (Å²) in [4.78, 5) is 25.9. The van der Waals surface area contributed by atoms with Gasteiger partial charge in [0.25, 0.3) is 5.91 Å². The molecular weight excluding hydrogens is 260 g/mol. The van der Waals surface area contributed by atoms with E-state index < -0.39 is 18.1 Å². The predicted octanol–water partition coefficient (Wildman–Crippen LogP) is -0.744. The van der Waals surface area contributed by atoms with Crippen LogP contribution in [0.15, 0.2) is 30.3 Å². The van der Waals surface area contributed by atoms with Crippen LogP contribution in [0.5, 0.6) is 0 Å². The predicted molar refractivity (Wildman–Crippen MR) is 73.3 cm³/mol. The number of piperazine rings is 1. The van der Waals surface area contributed by atoms with E-state index in [1.54, 1.807) is 0 Å². The van der Waals surface area contributed by atoms with Crippen LogP contribution >= 0.6 is 0 Å². The van der Waals surface area contributed by atoms with Crippen molar-refractivity contribution in [1.29, 1.82) is 0 Å². The van der Waals surface area contributed by atoms with Gasteiger partial charge in [0, 0.05) is 31.9 Å². The number of para-hydroxylation sites is 1. The topological polar surface area (TPSA) is 81.1 Å². The van der Waals surface area contributed by atoms with Gasteiger partial charge in [-0.05, 0) is 12.1 Å². The first-order chi connectivity index (χ1) is 9.63. The Kier molecular flexibility index (Phi) is 4.70. The quantitative estimate of drug-likeness (QED) is 0.709. The van der Waals surface area contributed by atoms with Gasteiger partial charge in [-0.3, -0.25) is 4.79 Å². The summed E-state index contributed by atoms with van der Waals surface area (Å²) in [6, 6.07) is 9.86. The number of aliphatic hydroxyl groups excluding tert-OH is 2. The van der Waals surface area contributed by atoms with Crippen LogP contribution in [-0.2, 0) is 9.59 Å². The van der Waals surface area contributed by atoms with Crippen molar-refractivity contribution in [1.82, 2.24) is 4.90 Å². The molecule has 6 nitrogen and oxygen atoms in total. The van der Waals surface area contributed by atoms with Crippen LogP contribution in [0, 0.1) is 0 Å². The summed E-state index contributed by atoms with van der Waals surface area (Å²) in [6.45, 7) is 2.21. The van der Waals surface area contributed by atoms with Gasteiger partial charge in [-0.25, -0.2) is 0 Å². The van der Waals surface area contributed by atoms with Gasteiger partial charge in [-0.1, -0.05) is 18.2 Å². The van der Waals surface area contributed by atoms with E-state index in [1.165, 1.54) is 4.90 Å². The first-order valence-electron chi connectivity index (χ1n) is 6.53. The number of rotatable bonds is 4. The van der Waals surface area contributed by atoms with Crippen molar-refractivity contribution >= 4 is 17.9 Å². The Morgan fingerprint density at radius 1 is 1.10 bits per heavy atom. The fourth-order valence-corrected chi connectivity index (χ4v) is 2.23. The SMILES string of the molecule is O=CC(O)C(O)C(=O)N1CCN(c2ccccc2)CC1. The van der Waals surface area contributed by atoms with Crippen LogP contribution in [0.4, 0.5) is 5.69 Å². The van der Waals surface area contributed by atoms with Crippen LogP contribution < -0.4 is 4.90 Å². The molecule has 0 spiro atoms. The molecule has 20 heavy (non-hydrogen) atoms. The van der Waals surface area contributed by atoms with Crippen molar-refractivity contribution in [2.45, 2.75) is 12.2 Å². The average Bonchev–Trinajstić information content (AvgIpc) is 2.53. The summed E-state index contributed by atoms with van der Waals surface area (Å²) in [7, 11) is 0. The van der Waals surface area contributed by atoms with Crippen molar-refractivity contribution in [2.24, 2.45) is 0 Å². The summed E-state index contributed by atoms with van der Waals surface area (Å²) < 4.78 is 0. The van der Waals surface area contributed by atoms with E-state index in [1.807, 2.05) is 30.3 Å². The molecule has 0 radical (unpaired) electrons. The van der Waals surface area contributed by atoms with Crippen molar-refractivity contribution < 1.29 is 19.8 Å². The Hall–Kier alpha value is -1.92. The number of carbonyl (C=O) groups excluding carboxylic acids is 2. The second kappa shape index (κ2) is 6.49. The Balaban J connectivity index is 1.91. The number of anilines is 1. The first kappa shape index (κ1) is 14.5. The highest BCUT2D eigenvalue weighted by atomic mass is 16.3. The van der Waals surface area contributed by atoms with Gasteiger partial charge in [0.15, 0.2) is 12.4 Å². The zero-order chi connectivity index (χ0) is 14.5. The lowest BCUT2D eigenvalue weighted by molar-refractivity contribution is -0.149. The lowest BCUT2D eigenvalue weighted by Gasteiger charge is -2.37. The minimum absolute atomic E-state index is 0.169. The molecule has 2 unspecified atom stereocenters. The summed E-state index contributed by atoms with van der Waals surface area (Å²) >= 11 is 0. The molecule has 2 rings (SSSR count). The van der Waals surface area contributed by atoms with Crippen molar-refractivity contribution in [3.05, 3.63) is 30.3 Å². The number of amides is 1. The summed E-state index contributed by atoms with van der Waals surface area (Å²) in [5.74, 6) is -0.600. The molecule has 1 aliphatic rings. The molecule has 0 aromatic heterocycles. The normalized spacial score (nSPS) is 18.5. The Bertz CT molecular complexity index is 458. The molecule has 1 fully saturated rings. The molecule has 1 amide bonds. The Morgan fingerprint density at radius 3 is 2.25 bits per heavy atom. The van der Waals surface area contributed by atoms with E-state index in [-0.39, 0.29) is 6.29 Å². The molecule has 2 atom stereocenters. The zero-order valence-corrected chi connectivity index (χ0v) is 11.1. The number of hydrogen-bond donors (Lipinski definition) is 2. The summed E-state index contributed by atoms with van der Waals surface area (Å²) in [6.07, 6.45) is -3.16. The smallest absolute Gasteiger partial charge is 0.254 e. The highest BCUT2D eigenvalue weighted by Crippen LogP contribution is 2.16. The first-order valence-corrected chi connectivity index (χ1v) is 6.53. The molecule has 1 aliphatic heterocycles. The highest BCUT2D eigenvalue weighted by Gasteiger charge is 2.30. The zero-order valence-electron chi connectivity index (χ0n) is 11.1. The number of carbonyl (C=O) groups is 2. The van der Waals surface area contributed by atoms with Gasteiger partial charge in [0.2, 0.25) is 0 Å². The molecule has 1 heterocycles. The highest BCUT2D eigenvalue weighted by molar-refractivity contribution is 5.84. The number of aliphatic hydroxyl groups is 2. The van der Waals surface area contributed by atoms with Crippen LogP contribution in [0.25, 0.3) is 0 Å². The van der Waals surface area contributed by atoms with Gasteiger partial charge < -0.3 is 24.8 Å². The minimum atomic E-state index is -1.67. The van der Waals surface area contributed by atoms with E-state index >= 15 is 0 Å². The van der Waals surface area contributed by atoms with E-state index in [4.69, 9.17) is 0 Å². The largest absolute Gasteiger partial charge is 0.382 e. The van der Waals surface area contributed by atoms with Crippen LogP contribution in [0.3, 0.4) is 0 Å². The molecule has 2 N–H and O–H groups in total. The van der Waals surface area contributed by atoms with Crippen LogP contribution in [0.2, 0.25) is 0 Å². The molecule has 1 aromatic rings. The average molecular weight is 278 g/mol. The molecule has 108 valence electrons. The summed E-state index contributed by atoms with van der Waals surface area (Å²) in [5, 5.41) is 18.7. The standard InChI is InChI=1S/C14H18N2O4/c17-10-12(18)13(19)14(20)16-8-6-15(7-9-16)11-4-2-1-3-5-11/h1-5,10,12-13,18-19H,6-9H2. The molecular formula is C14H18N2O4. The Morgan fingerprint density at radius 2 is 1.70 bits per heavy atom. The van der Waals surface area contributed by atoms with Crippen LogP contribution in [0.1, 0.15) is 0 Å². The molecule has 1 aromatic carbocycles. The third kappa shape index (κ3) is 3.15. The van der Waals surface area contributed by atoms with E-state index in [9.17, 15) is 19.8 Å². The molecule has 6 heteroatoms. The number of benzene rings is 1. The van der Waals surface area contributed by atoms with Crippen LogP contribution in [-0.4, -0.2) is 65.7 Å². The van der Waals surface area contributed by atoms with Gasteiger partial charge in [0.1, 0.15) is 6.10 Å². The van der Waals surface area contributed by atoms with Gasteiger partial charge in [0.05, 0.1) is 0 Å². The third-order valence-corrected chi connectivity index (χ3v) is 3.43. The van der Waals surface area contributed by atoms with Crippen molar-refractivity contribution in [2.75, 3.05) is 31.1 Å². The molecule has 0 aliphatic carbocycles. The van der Waals surface area contributed by atoms with Crippen molar-refractivity contribution in [3.63, 3.8) is 0 Å². The van der Waals surface area contributed by atoms with Crippen molar-refractivity contribution in [3.8, 4) is 0 Å². The molecule has 0 saturated carbocycles. The van der Waals surface area contributed by atoms with Gasteiger partial charge in [-0.2, -0.15) is 0 Å². The maximum absolute atomic E-state index is 11.9. The third-order valence-electron chi connectivity index (χ3n) is 3.43. The number of hydrogen-bond acceptors (Lipinski definition) is 5. The Labute approximate surface area is 117 Å². The van der Waals surface area contributed by atoms with E-state index in [0.29, 0.717) is 26.2 Å². The number of nitrogens with zero attached hydrogens (tertiary/aromatic N) is 2. The molecule has 1 saturated heterocycles. The van der Waals surface area contributed by atoms with E-state index in [2.05, 4.69) is 4.90 Å². The lowest BCUT2D eigenvalue weighted by atomic mass is 10.1.